The van der Waals surface area contributed by atoms with Gasteiger partial charge in [0.05, 0.1) is 11.0 Å². The van der Waals surface area contributed by atoms with Crippen molar-refractivity contribution in [2.24, 2.45) is 0 Å². The molecule has 0 unspecified atom stereocenters. The van der Waals surface area contributed by atoms with Crippen molar-refractivity contribution in [3.8, 4) is 11.5 Å². The molecular weight excluding hydrogens is 447 g/mol. The average Bonchev–Trinajstić information content (AvgIpc) is 3.70. The van der Waals surface area contributed by atoms with Gasteiger partial charge in [-0.15, -0.1) is 0 Å². The fourth-order valence-electron chi connectivity index (χ4n) is 4.13. The molecule has 11 heteroatoms. The van der Waals surface area contributed by atoms with E-state index in [9.17, 15) is 19.5 Å². The van der Waals surface area contributed by atoms with E-state index in [2.05, 4.69) is 0 Å². The van der Waals surface area contributed by atoms with Gasteiger partial charge in [-0.05, 0) is 42.7 Å². The van der Waals surface area contributed by atoms with Crippen molar-refractivity contribution in [2.45, 2.75) is 18.9 Å². The molecule has 33 heavy (non-hydrogen) atoms. The molecule has 0 N–H and O–H groups in total. The normalized spacial score (nSPS) is 19.8. The quantitative estimate of drug-likeness (QED) is 0.247. The summed E-state index contributed by atoms with van der Waals surface area (Å²) >= 11 is 0. The zero-order chi connectivity index (χ0) is 23.3. The zero-order valence-electron chi connectivity index (χ0n) is 18.5. The first-order valence-corrected chi connectivity index (χ1v) is 12.4. The summed E-state index contributed by atoms with van der Waals surface area (Å²) in [6, 6.07) is 9.66. The fraction of sp³-hybridized carbons (Fsp3) is 0.409. The smallest absolute Gasteiger partial charge is 0.346 e. The van der Waals surface area contributed by atoms with Crippen LogP contribution in [0.5, 0.6) is 11.5 Å². The van der Waals surface area contributed by atoms with E-state index >= 15 is 0 Å². The van der Waals surface area contributed by atoms with Gasteiger partial charge in [-0.1, -0.05) is 6.07 Å². The summed E-state index contributed by atoms with van der Waals surface area (Å²) in [6.45, 7) is 3.02. The van der Waals surface area contributed by atoms with Crippen LogP contribution in [0.3, 0.4) is 0 Å². The molecule has 5 rings (SSSR count). The maximum atomic E-state index is 13.5. The summed E-state index contributed by atoms with van der Waals surface area (Å²) in [7, 11) is 0.270. The first-order valence-electron chi connectivity index (χ1n) is 10.9. The van der Waals surface area contributed by atoms with E-state index in [4.69, 9.17) is 9.26 Å². The minimum Gasteiger partial charge on any atom is -0.450 e. The van der Waals surface area contributed by atoms with Crippen molar-refractivity contribution in [3.63, 3.8) is 0 Å². The van der Waals surface area contributed by atoms with Crippen LogP contribution in [0.25, 0.3) is 0 Å². The van der Waals surface area contributed by atoms with Crippen LogP contribution in [0.2, 0.25) is 0 Å². The highest BCUT2D eigenvalue weighted by molar-refractivity contribution is 7.54. The Kier molecular flexibility index (Phi) is 5.49. The van der Waals surface area contributed by atoms with Crippen LogP contribution in [-0.4, -0.2) is 65.3 Å². The lowest BCUT2D eigenvalue weighted by Gasteiger charge is -2.24. The highest BCUT2D eigenvalue weighted by atomic mass is 31.2. The second-order valence-corrected chi connectivity index (χ2v) is 10.9. The van der Waals surface area contributed by atoms with Gasteiger partial charge in [0.25, 0.3) is 5.91 Å². The highest BCUT2D eigenvalue weighted by Crippen LogP contribution is 2.64. The summed E-state index contributed by atoms with van der Waals surface area (Å²) in [5.74, 6) is 0.288. The lowest BCUT2D eigenvalue weighted by molar-refractivity contribution is -0.385. The molecular formula is C22H25N4O6P. The van der Waals surface area contributed by atoms with E-state index < -0.39 is 18.7 Å². The fourth-order valence-corrected chi connectivity index (χ4v) is 6.49. The maximum Gasteiger partial charge on any atom is 0.346 e. The van der Waals surface area contributed by atoms with E-state index in [1.807, 2.05) is 9.34 Å². The molecule has 2 saturated heterocycles. The van der Waals surface area contributed by atoms with Gasteiger partial charge in [0.2, 0.25) is 5.75 Å². The molecule has 2 aliphatic heterocycles. The number of fused-ring (bicyclic) bond motifs is 1. The number of hydrogen-bond acceptors (Lipinski definition) is 6. The summed E-state index contributed by atoms with van der Waals surface area (Å²) in [5, 5.41) is 11.8. The third-order valence-electron chi connectivity index (χ3n) is 6.01. The summed E-state index contributed by atoms with van der Waals surface area (Å²) in [5.41, 5.74) is 1.72. The molecule has 0 radical (unpaired) electrons. The number of nitro benzene ring substituents is 1. The largest absolute Gasteiger partial charge is 0.450 e. The molecule has 174 valence electrons. The number of hydrogen-bond donors (Lipinski definition) is 0. The van der Waals surface area contributed by atoms with Gasteiger partial charge in [-0.2, -0.15) is 0 Å². The van der Waals surface area contributed by atoms with Crippen molar-refractivity contribution in [2.75, 3.05) is 40.3 Å². The molecule has 0 bridgehead atoms. The number of nitrogens with zero attached hydrogens (tertiary/aromatic N) is 4. The Hall–Kier alpha value is -2.78. The van der Waals surface area contributed by atoms with Gasteiger partial charge in [-0.25, -0.2) is 9.34 Å². The Labute approximate surface area is 191 Å². The predicted octanol–water partition coefficient (Wildman–Crippen LogP) is 3.83. The highest BCUT2D eigenvalue weighted by Gasteiger charge is 2.51. The Bertz CT molecular complexity index is 1160. The van der Waals surface area contributed by atoms with Gasteiger partial charge < -0.3 is 9.64 Å². The first kappa shape index (κ1) is 22.0. The van der Waals surface area contributed by atoms with E-state index in [-0.39, 0.29) is 17.3 Å². The van der Waals surface area contributed by atoms with Crippen LogP contribution < -0.4 is 4.74 Å². The average molecular weight is 472 g/mol. The first-order chi connectivity index (χ1) is 15.8. The number of carbonyl (C=O) groups is 1. The van der Waals surface area contributed by atoms with Crippen LogP contribution in [0.1, 0.15) is 34.0 Å². The lowest BCUT2D eigenvalue weighted by atomic mass is 10.1. The van der Waals surface area contributed by atoms with E-state index in [0.717, 1.165) is 31.7 Å². The predicted molar refractivity (Wildman–Crippen MR) is 121 cm³/mol. The van der Waals surface area contributed by atoms with Crippen LogP contribution in [-0.2, 0) is 15.5 Å². The van der Waals surface area contributed by atoms with Crippen LogP contribution in [0.4, 0.5) is 5.69 Å². The van der Waals surface area contributed by atoms with Crippen molar-refractivity contribution in [3.05, 3.63) is 63.2 Å². The number of amides is 1. The van der Waals surface area contributed by atoms with Crippen molar-refractivity contribution in [1.29, 1.82) is 0 Å². The van der Waals surface area contributed by atoms with Crippen molar-refractivity contribution in [1.82, 2.24) is 14.2 Å². The van der Waals surface area contributed by atoms with E-state index in [1.54, 1.807) is 44.4 Å². The lowest BCUT2D eigenvalue weighted by Crippen LogP contribution is -2.21. The third kappa shape index (κ3) is 4.15. The number of ether oxygens (including phenoxy) is 1. The number of rotatable bonds is 8. The van der Waals surface area contributed by atoms with Gasteiger partial charge in [0.15, 0.2) is 0 Å². The monoisotopic (exact) mass is 472 g/mol. The summed E-state index contributed by atoms with van der Waals surface area (Å²) in [4.78, 5) is 25.1. The van der Waals surface area contributed by atoms with E-state index in [1.165, 1.54) is 11.0 Å². The van der Waals surface area contributed by atoms with Crippen molar-refractivity contribution >= 4 is 19.3 Å². The summed E-state index contributed by atoms with van der Waals surface area (Å²) < 4.78 is 29.4. The molecule has 3 aliphatic rings. The minimum absolute atomic E-state index is 0.145. The van der Waals surface area contributed by atoms with Crippen molar-refractivity contribution < 1.29 is 23.5 Å². The Morgan fingerprint density at radius 3 is 2.45 bits per heavy atom. The molecule has 2 aromatic carbocycles. The van der Waals surface area contributed by atoms with E-state index in [0.29, 0.717) is 29.7 Å². The topological polar surface area (TPSA) is 105 Å². The molecule has 1 aliphatic carbocycles. The molecule has 1 atom stereocenters. The van der Waals surface area contributed by atoms with Gasteiger partial charge in [0, 0.05) is 57.5 Å². The molecule has 2 fully saturated rings. The Morgan fingerprint density at radius 2 is 1.85 bits per heavy atom. The molecule has 2 aromatic rings. The van der Waals surface area contributed by atoms with Crippen LogP contribution in [0.15, 0.2) is 36.4 Å². The number of benzene rings is 2. The minimum atomic E-state index is -3.04. The van der Waals surface area contributed by atoms with Gasteiger partial charge in [-0.3, -0.25) is 24.0 Å². The zero-order valence-corrected chi connectivity index (χ0v) is 19.4. The van der Waals surface area contributed by atoms with Gasteiger partial charge in [0.1, 0.15) is 5.75 Å². The SMILES string of the molecule is CN(C)C(=O)c1cccc(Oc2c([N+](=O)[O-])ccc3c2CC[C@@H]3OP(=O)(N2CC2)N2CC2)c1. The molecule has 0 spiro atoms. The van der Waals surface area contributed by atoms with Gasteiger partial charge >= 0.3 is 13.4 Å². The standard InChI is InChI=1S/C22H25N4O6P/c1-23(2)22(27)15-4-3-5-16(14-15)31-21-18-7-9-20(17(18)6-8-19(21)26(28)29)32-33(30,24-10-11-24)25-12-13-25/h3-6,8,14,20H,7,9-13H2,1-2H3/t20-/m0/s1. The Balaban J connectivity index is 1.47. The third-order valence-corrected chi connectivity index (χ3v) is 8.77. The number of carbonyl (C=O) groups excluding carboxylic acids is 1. The molecule has 0 saturated carbocycles. The summed E-state index contributed by atoms with van der Waals surface area (Å²) in [6.07, 6.45) is 0.655. The second kappa shape index (κ2) is 8.22. The van der Waals surface area contributed by atoms with Crippen LogP contribution in [0, 0.1) is 10.1 Å². The molecule has 1 amide bonds. The molecule has 0 aromatic heterocycles. The second-order valence-electron chi connectivity index (χ2n) is 8.60. The molecule has 10 nitrogen and oxygen atoms in total. The Morgan fingerprint density at radius 1 is 1.15 bits per heavy atom. The van der Waals surface area contributed by atoms with Crippen LogP contribution >= 0.6 is 7.67 Å². The molecule has 2 heterocycles. The maximum absolute atomic E-state index is 13.5. The number of nitro groups is 1.